The van der Waals surface area contributed by atoms with Gasteiger partial charge < -0.3 is 0 Å². The van der Waals surface area contributed by atoms with Crippen molar-refractivity contribution in [2.45, 2.75) is 4.43 Å². The molecule has 10 heavy (non-hydrogen) atoms. The number of hydrogen-bond acceptors (Lipinski definition) is 0. The summed E-state index contributed by atoms with van der Waals surface area (Å²) >= 11 is 1.52. The molecule has 1 aromatic rings. The Hall–Kier alpha value is 1.41. The zero-order chi connectivity index (χ0) is 8.10. The molecule has 0 aliphatic heterocycles. The molecule has 0 aliphatic carbocycles. The van der Waals surface area contributed by atoms with Crippen molar-refractivity contribution in [3.05, 3.63) is 35.9 Å². The molecule has 0 fully saturated rings. The van der Waals surface area contributed by atoms with E-state index in [0.717, 1.165) is 0 Å². The van der Waals surface area contributed by atoms with Crippen LogP contribution in [0.5, 0.6) is 0 Å². The molecule has 1 aromatic carbocycles. The number of alkyl halides is 1. The number of rotatable bonds is 3. The van der Waals surface area contributed by atoms with Crippen LogP contribution in [0.2, 0.25) is 0 Å². The Morgan fingerprint density at radius 2 is 2.20 bits per heavy atom. The average molecular weight is 474 g/mol. The maximum absolute atomic E-state index is 7.33. The maximum atomic E-state index is 7.33. The second kappa shape index (κ2) is 5.13. The van der Waals surface area contributed by atoms with Gasteiger partial charge in [0.25, 0.3) is 0 Å². The van der Waals surface area contributed by atoms with E-state index in [1.165, 1.54) is 9.99 Å². The van der Waals surface area contributed by atoms with Gasteiger partial charge >= 0.3 is 89.8 Å². The fourth-order valence-electron chi connectivity index (χ4n) is 0.684. The average Bonchev–Trinajstić information content (AvgIpc) is 2.06. The van der Waals surface area contributed by atoms with Crippen LogP contribution in [0.15, 0.2) is 30.3 Å². The molecule has 0 saturated carbocycles. The van der Waals surface area contributed by atoms with E-state index < -0.39 is 11.9 Å². The van der Waals surface area contributed by atoms with Crippen LogP contribution in [-0.2, 0) is 4.43 Å². The summed E-state index contributed by atoms with van der Waals surface area (Å²) in [4.78, 5) is 0. The first-order chi connectivity index (χ1) is 5.33. The van der Waals surface area contributed by atoms with Gasteiger partial charge in [-0.1, -0.05) is 0 Å². The van der Waals surface area contributed by atoms with Crippen LogP contribution in [0.3, 0.4) is 0 Å². The minimum atomic E-state index is -0.818. The van der Waals surface area contributed by atoms with Crippen LogP contribution in [0.25, 0.3) is 0 Å². The third-order valence-corrected chi connectivity index (χ3v) is 6.42. The first kappa shape index (κ1) is 8.03. The monoisotopic (exact) mass is 474 g/mol. The Kier molecular flexibility index (Phi) is 4.12. The minimum absolute atomic E-state index is 0.188. The Morgan fingerprint density at radius 3 is 2.80 bits per heavy atom. The predicted octanol–water partition coefficient (Wildman–Crippen LogP) is 0.244. The van der Waals surface area contributed by atoms with Crippen molar-refractivity contribution in [3.63, 3.8) is 0 Å². The fourth-order valence-corrected chi connectivity index (χ4v) is 6.32. The molecule has 0 heterocycles. The Bertz CT molecular complexity index is 202. The van der Waals surface area contributed by atoms with E-state index in [1.807, 2.05) is 6.07 Å². The first-order valence-electron chi connectivity index (χ1n) is 3.20. The van der Waals surface area contributed by atoms with Gasteiger partial charge in [0, 0.05) is 0 Å². The van der Waals surface area contributed by atoms with Gasteiger partial charge in [-0.25, -0.2) is 0 Å². The topological polar surface area (TPSA) is 0 Å². The molecular formula is C7H8I3-. The second-order valence-corrected chi connectivity index (χ2v) is 27.8. The molecule has 0 saturated heterocycles. The summed E-state index contributed by atoms with van der Waals surface area (Å²) in [6.07, 6.45) is 0. The van der Waals surface area contributed by atoms with E-state index in [-0.39, 0.29) is 18.4 Å². The predicted molar refractivity (Wildman–Crippen MR) is 59.6 cm³/mol. The molecular weight excluding hydrogens is 465 g/mol. The summed E-state index contributed by atoms with van der Waals surface area (Å²) in [5.41, 5.74) is 1.43. The van der Waals surface area contributed by atoms with Gasteiger partial charge in [0.2, 0.25) is 0 Å². The standard InChI is InChI=1S/C7H8I3/c8-10(9)6-7-4-2-1-3-5-7/h1-5,8H,6H2/q-1/i8D. The van der Waals surface area contributed by atoms with Crippen molar-refractivity contribution in [1.29, 1.82) is 0.594 Å². The fraction of sp³-hybridized carbons (Fsp3) is 0.143. The molecule has 0 radical (unpaired) electrons. The number of halogens is 3. The summed E-state index contributed by atoms with van der Waals surface area (Å²) in [7, 11) is 0. The van der Waals surface area contributed by atoms with Crippen LogP contribution in [0.4, 0.5) is 0 Å². The van der Waals surface area contributed by atoms with Crippen molar-refractivity contribution in [2.24, 2.45) is 0 Å². The quantitative estimate of drug-likeness (QED) is 0.436. The van der Waals surface area contributed by atoms with E-state index in [4.69, 9.17) is 0.594 Å². The molecule has 0 amide bonds. The van der Waals surface area contributed by atoms with Gasteiger partial charge in [-0.15, -0.1) is 0 Å². The van der Waals surface area contributed by atoms with Crippen LogP contribution in [0.1, 0.15) is 5.56 Å². The molecule has 0 bridgehead atoms. The van der Waals surface area contributed by atoms with Crippen molar-refractivity contribution < 1.29 is 18.4 Å². The van der Waals surface area contributed by atoms with E-state index in [2.05, 4.69) is 42.9 Å². The van der Waals surface area contributed by atoms with E-state index in [9.17, 15) is 0 Å². The molecule has 58 valence electrons. The summed E-state index contributed by atoms with van der Waals surface area (Å²) in [6.45, 7) is 0. The van der Waals surface area contributed by atoms with Crippen molar-refractivity contribution in [2.75, 3.05) is 0 Å². The van der Waals surface area contributed by atoms with Crippen LogP contribution >= 0.6 is 30.5 Å². The molecule has 0 spiro atoms. The van der Waals surface area contributed by atoms with E-state index in [1.54, 1.807) is 0 Å². The van der Waals surface area contributed by atoms with Crippen LogP contribution in [-0.4, -0.2) is 0.594 Å². The molecule has 0 nitrogen and oxygen atoms in total. The molecule has 0 aromatic heterocycles. The van der Waals surface area contributed by atoms with Gasteiger partial charge in [0.1, 0.15) is 0 Å². The Labute approximate surface area is 88.4 Å². The van der Waals surface area contributed by atoms with Crippen molar-refractivity contribution in [3.8, 4) is 0 Å². The SMILES string of the molecule is [2H][I-]I(I)Cc1ccccc1. The van der Waals surface area contributed by atoms with Gasteiger partial charge in [0.05, 0.1) is 0 Å². The van der Waals surface area contributed by atoms with Gasteiger partial charge in [-0.05, 0) is 0 Å². The zero-order valence-corrected chi connectivity index (χ0v) is 11.7. The van der Waals surface area contributed by atoms with Gasteiger partial charge in [-0.2, -0.15) is 0 Å². The Morgan fingerprint density at radius 1 is 1.50 bits per heavy atom. The molecule has 1 rings (SSSR count). The molecule has 0 aliphatic rings. The first-order valence-corrected chi connectivity index (χ1v) is 16.9. The second-order valence-electron chi connectivity index (χ2n) is 1.88. The summed E-state index contributed by atoms with van der Waals surface area (Å²) in [5.74, 6) is 0. The summed E-state index contributed by atoms with van der Waals surface area (Å²) in [5, 5.41) is 0. The Balaban J connectivity index is 2.51. The molecule has 3 heteroatoms. The summed E-state index contributed by atoms with van der Waals surface area (Å²) < 4.78 is 8.55. The van der Waals surface area contributed by atoms with E-state index in [0.29, 0.717) is 0 Å². The third-order valence-electron chi connectivity index (χ3n) is 1.10. The number of hydrogen-bond donors (Lipinski definition) is 0. The van der Waals surface area contributed by atoms with Crippen LogP contribution in [0, 0.1) is 0 Å². The van der Waals surface area contributed by atoms with Crippen LogP contribution < -0.4 is 18.4 Å². The number of benzene rings is 1. The third kappa shape index (κ3) is 3.70. The van der Waals surface area contributed by atoms with Crippen molar-refractivity contribution in [1.82, 2.24) is 0 Å². The van der Waals surface area contributed by atoms with Gasteiger partial charge in [0.15, 0.2) is 0 Å². The zero-order valence-electron chi connectivity index (χ0n) is 6.23. The molecule has 0 N–H and O–H groups in total. The molecule has 0 atom stereocenters. The normalized spacial score (nSPS) is 12.9. The van der Waals surface area contributed by atoms with Gasteiger partial charge in [-0.3, -0.25) is 0 Å². The van der Waals surface area contributed by atoms with E-state index >= 15 is 0 Å². The summed E-state index contributed by atoms with van der Waals surface area (Å²) in [6, 6.07) is 10.5. The molecule has 0 unspecified atom stereocenters. The van der Waals surface area contributed by atoms with Crippen molar-refractivity contribution >= 4 is 30.5 Å².